The number of rotatable bonds is 4. The summed E-state index contributed by atoms with van der Waals surface area (Å²) in [6, 6.07) is 14.1. The summed E-state index contributed by atoms with van der Waals surface area (Å²) in [6.45, 7) is 0.0347. The van der Waals surface area contributed by atoms with E-state index in [1.807, 2.05) is 24.3 Å². The molecule has 4 amide bonds. The second-order valence-electron chi connectivity index (χ2n) is 5.74. The van der Waals surface area contributed by atoms with Crippen molar-refractivity contribution in [3.63, 3.8) is 0 Å². The summed E-state index contributed by atoms with van der Waals surface area (Å²) >= 11 is 1.39. The van der Waals surface area contributed by atoms with Crippen LogP contribution in [-0.2, 0) is 11.3 Å². The molecule has 2 N–H and O–H groups in total. The molecular formula is C18H14N4O3S. The van der Waals surface area contributed by atoms with E-state index in [0.29, 0.717) is 16.3 Å². The number of nitrogens with one attached hydrogen (secondary N) is 2. The minimum atomic E-state index is -0.448. The molecule has 0 saturated carbocycles. The Morgan fingerprint density at radius 3 is 2.69 bits per heavy atom. The number of hydrogen-bond acceptors (Lipinski definition) is 5. The summed E-state index contributed by atoms with van der Waals surface area (Å²) in [6.07, 6.45) is 0. The first kappa shape index (κ1) is 16.2. The normalized spacial score (nSPS) is 13.9. The van der Waals surface area contributed by atoms with Gasteiger partial charge in [-0.25, -0.2) is 9.78 Å². The average Bonchev–Trinajstić information content (AvgIpc) is 3.19. The quantitative estimate of drug-likeness (QED) is 0.695. The zero-order valence-corrected chi connectivity index (χ0v) is 14.4. The van der Waals surface area contributed by atoms with E-state index in [0.717, 1.165) is 15.1 Å². The lowest BCUT2D eigenvalue weighted by Crippen LogP contribution is -2.31. The van der Waals surface area contributed by atoms with Gasteiger partial charge in [-0.1, -0.05) is 41.7 Å². The Bertz CT molecular complexity index is 981. The highest BCUT2D eigenvalue weighted by Gasteiger charge is 2.29. The first-order chi connectivity index (χ1) is 12.6. The fourth-order valence-electron chi connectivity index (χ4n) is 2.76. The molecular weight excluding hydrogens is 352 g/mol. The van der Waals surface area contributed by atoms with E-state index in [1.54, 1.807) is 24.3 Å². The van der Waals surface area contributed by atoms with Crippen molar-refractivity contribution in [2.75, 3.05) is 11.9 Å². The standard InChI is InChI=1S/C18H14N4O3S/c23-15-9-19-18(25)22(15)10-11-5-1-2-6-12(11)16(24)21-17-20-13-7-3-4-8-14(13)26-17/h1-8H,9-10H2,(H,19,25)(H,20,21,24). The van der Waals surface area contributed by atoms with Gasteiger partial charge < -0.3 is 5.32 Å². The van der Waals surface area contributed by atoms with Gasteiger partial charge in [0.05, 0.1) is 23.3 Å². The minimum Gasteiger partial charge on any atom is -0.329 e. The summed E-state index contributed by atoms with van der Waals surface area (Å²) in [5.41, 5.74) is 1.82. The van der Waals surface area contributed by atoms with Crippen LogP contribution in [0, 0.1) is 0 Å². The molecule has 1 aliphatic heterocycles. The number of fused-ring (bicyclic) bond motifs is 1. The Balaban J connectivity index is 1.58. The first-order valence-corrected chi connectivity index (χ1v) is 8.76. The monoisotopic (exact) mass is 366 g/mol. The highest BCUT2D eigenvalue weighted by Crippen LogP contribution is 2.26. The molecule has 1 aliphatic rings. The number of hydrogen-bond donors (Lipinski definition) is 2. The fourth-order valence-corrected chi connectivity index (χ4v) is 3.62. The van der Waals surface area contributed by atoms with E-state index in [1.165, 1.54) is 11.3 Å². The van der Waals surface area contributed by atoms with Crippen LogP contribution in [0.4, 0.5) is 9.93 Å². The highest BCUT2D eigenvalue weighted by molar-refractivity contribution is 7.22. The van der Waals surface area contributed by atoms with Crippen molar-refractivity contribution in [3.8, 4) is 0 Å². The molecule has 0 spiro atoms. The van der Waals surface area contributed by atoms with Gasteiger partial charge >= 0.3 is 6.03 Å². The summed E-state index contributed by atoms with van der Waals surface area (Å²) in [5, 5.41) is 5.77. The summed E-state index contributed by atoms with van der Waals surface area (Å²) in [4.78, 5) is 41.7. The lowest BCUT2D eigenvalue weighted by Gasteiger charge is -2.15. The van der Waals surface area contributed by atoms with E-state index in [4.69, 9.17) is 0 Å². The number of carbonyl (C=O) groups is 3. The molecule has 130 valence electrons. The van der Waals surface area contributed by atoms with Crippen molar-refractivity contribution in [2.45, 2.75) is 6.54 Å². The first-order valence-electron chi connectivity index (χ1n) is 7.95. The van der Waals surface area contributed by atoms with Crippen molar-refractivity contribution in [3.05, 3.63) is 59.7 Å². The maximum Gasteiger partial charge on any atom is 0.324 e. The Hall–Kier alpha value is -3.26. The van der Waals surface area contributed by atoms with Crippen molar-refractivity contribution in [1.82, 2.24) is 15.2 Å². The molecule has 0 unspecified atom stereocenters. The van der Waals surface area contributed by atoms with Gasteiger partial charge in [0.15, 0.2) is 5.13 Å². The van der Waals surface area contributed by atoms with Crippen LogP contribution in [0.1, 0.15) is 15.9 Å². The van der Waals surface area contributed by atoms with E-state index in [9.17, 15) is 14.4 Å². The van der Waals surface area contributed by atoms with Crippen LogP contribution in [0.15, 0.2) is 48.5 Å². The lowest BCUT2D eigenvalue weighted by atomic mass is 10.1. The van der Waals surface area contributed by atoms with Crippen LogP contribution in [0.3, 0.4) is 0 Å². The Labute approximate surface area is 152 Å². The molecule has 3 aromatic rings. The summed E-state index contributed by atoms with van der Waals surface area (Å²) < 4.78 is 0.982. The Morgan fingerprint density at radius 1 is 1.15 bits per heavy atom. The topological polar surface area (TPSA) is 91.4 Å². The molecule has 7 nitrogen and oxygen atoms in total. The third kappa shape index (κ3) is 3.02. The number of carbonyl (C=O) groups excluding carboxylic acids is 3. The van der Waals surface area contributed by atoms with E-state index in [-0.39, 0.29) is 24.9 Å². The van der Waals surface area contributed by atoms with Crippen molar-refractivity contribution < 1.29 is 14.4 Å². The highest BCUT2D eigenvalue weighted by atomic mass is 32.1. The van der Waals surface area contributed by atoms with Gasteiger partial charge in [-0.3, -0.25) is 19.8 Å². The summed E-state index contributed by atoms with van der Waals surface area (Å²) in [7, 11) is 0. The molecule has 0 bridgehead atoms. The van der Waals surface area contributed by atoms with Gasteiger partial charge in [-0.05, 0) is 23.8 Å². The minimum absolute atomic E-state index is 0.0150. The van der Waals surface area contributed by atoms with Gasteiger partial charge in [-0.2, -0.15) is 0 Å². The van der Waals surface area contributed by atoms with Crippen LogP contribution < -0.4 is 10.6 Å². The molecule has 8 heteroatoms. The molecule has 0 aliphatic carbocycles. The number of thiazole rings is 1. The van der Waals surface area contributed by atoms with Crippen LogP contribution >= 0.6 is 11.3 Å². The number of anilines is 1. The summed E-state index contributed by atoms with van der Waals surface area (Å²) in [5.74, 6) is -0.636. The maximum atomic E-state index is 12.7. The molecule has 0 atom stereocenters. The van der Waals surface area contributed by atoms with Gasteiger partial charge in [0.1, 0.15) is 0 Å². The number of amides is 4. The van der Waals surface area contributed by atoms with Gasteiger partial charge in [0, 0.05) is 5.56 Å². The largest absolute Gasteiger partial charge is 0.329 e. The van der Waals surface area contributed by atoms with Crippen LogP contribution in [0.2, 0.25) is 0 Å². The predicted octanol–water partition coefficient (Wildman–Crippen LogP) is 2.60. The second-order valence-corrected chi connectivity index (χ2v) is 6.77. The molecule has 4 rings (SSSR count). The lowest BCUT2D eigenvalue weighted by molar-refractivity contribution is -0.125. The molecule has 1 fully saturated rings. The van der Waals surface area contributed by atoms with Gasteiger partial charge in [-0.15, -0.1) is 0 Å². The van der Waals surface area contributed by atoms with Gasteiger partial charge in [0.2, 0.25) is 5.91 Å². The molecule has 1 aromatic heterocycles. The third-order valence-electron chi connectivity index (χ3n) is 4.04. The number of urea groups is 1. The zero-order valence-electron chi connectivity index (χ0n) is 13.6. The van der Waals surface area contributed by atoms with Crippen molar-refractivity contribution in [2.24, 2.45) is 0 Å². The molecule has 0 radical (unpaired) electrons. The maximum absolute atomic E-state index is 12.7. The van der Waals surface area contributed by atoms with Gasteiger partial charge in [0.25, 0.3) is 5.91 Å². The van der Waals surface area contributed by atoms with Crippen molar-refractivity contribution in [1.29, 1.82) is 0 Å². The number of aromatic nitrogens is 1. The second kappa shape index (κ2) is 6.57. The Kier molecular flexibility index (Phi) is 4.10. The van der Waals surface area contributed by atoms with E-state index in [2.05, 4.69) is 15.6 Å². The van der Waals surface area contributed by atoms with Crippen LogP contribution in [-0.4, -0.2) is 34.3 Å². The Morgan fingerprint density at radius 2 is 1.92 bits per heavy atom. The fraction of sp³-hybridized carbons (Fsp3) is 0.111. The molecule has 1 saturated heterocycles. The molecule has 2 aromatic carbocycles. The number of nitrogens with zero attached hydrogens (tertiary/aromatic N) is 2. The van der Waals surface area contributed by atoms with E-state index >= 15 is 0 Å². The van der Waals surface area contributed by atoms with E-state index < -0.39 is 6.03 Å². The van der Waals surface area contributed by atoms with Crippen LogP contribution in [0.5, 0.6) is 0 Å². The molecule has 2 heterocycles. The zero-order chi connectivity index (χ0) is 18.1. The number of imide groups is 1. The smallest absolute Gasteiger partial charge is 0.324 e. The van der Waals surface area contributed by atoms with Crippen molar-refractivity contribution >= 4 is 44.5 Å². The number of benzene rings is 2. The van der Waals surface area contributed by atoms with Crippen LogP contribution in [0.25, 0.3) is 10.2 Å². The predicted molar refractivity (Wildman–Crippen MR) is 98.0 cm³/mol. The third-order valence-corrected chi connectivity index (χ3v) is 4.99. The SMILES string of the molecule is O=C(Nc1nc2ccccc2s1)c1ccccc1CN1C(=O)CNC1=O. The molecule has 26 heavy (non-hydrogen) atoms. The number of para-hydroxylation sites is 1. The average molecular weight is 366 g/mol.